The van der Waals surface area contributed by atoms with Crippen LogP contribution in [0.3, 0.4) is 0 Å². The van der Waals surface area contributed by atoms with Gasteiger partial charge in [0.25, 0.3) is 0 Å². The summed E-state index contributed by atoms with van der Waals surface area (Å²) in [4.78, 5) is 0. The number of aryl methyl sites for hydroxylation is 2. The Labute approximate surface area is 159 Å². The lowest BCUT2D eigenvalue weighted by molar-refractivity contribution is 0.350. The molecule has 1 nitrogen and oxygen atoms in total. The summed E-state index contributed by atoms with van der Waals surface area (Å²) in [6.45, 7) is 1.95. The molecular formula is C22H16F5O. The second-order valence-corrected chi connectivity index (χ2v) is 6.45. The van der Waals surface area contributed by atoms with Crippen molar-refractivity contribution in [2.75, 3.05) is 0 Å². The van der Waals surface area contributed by atoms with Gasteiger partial charge in [-0.15, -0.1) is 0 Å². The zero-order valence-corrected chi connectivity index (χ0v) is 15.0. The molecule has 0 saturated heterocycles. The van der Waals surface area contributed by atoms with E-state index in [1.807, 2.05) is 6.92 Å². The van der Waals surface area contributed by atoms with Gasteiger partial charge in [-0.25, -0.2) is 22.0 Å². The minimum absolute atomic E-state index is 0.0512. The Bertz CT molecular complexity index is 989. The van der Waals surface area contributed by atoms with Crippen LogP contribution in [0.5, 0.6) is 5.75 Å². The van der Waals surface area contributed by atoms with Crippen LogP contribution in [0.1, 0.15) is 23.6 Å². The topological polar surface area (TPSA) is 19.9 Å². The maximum Gasteiger partial charge on any atom is 0.194 e. The normalized spacial score (nSPS) is 11.1. The van der Waals surface area contributed by atoms with Crippen molar-refractivity contribution in [3.8, 4) is 16.9 Å². The van der Waals surface area contributed by atoms with Gasteiger partial charge < -0.3 is 0 Å². The highest BCUT2D eigenvalue weighted by atomic mass is 19.2. The van der Waals surface area contributed by atoms with Gasteiger partial charge in [0.1, 0.15) is 11.6 Å². The standard InChI is InChI=1S/C22H16F5O/c1-2-12-3-6-14(7-4-12)20-19(28)11-16(23)15(21(20)26)8-5-13-9-17(24)22(27)18(25)10-13/h3-4,6-7,9-11H,2,5,8H2,1H3. The molecule has 3 aromatic rings. The van der Waals surface area contributed by atoms with E-state index in [4.69, 9.17) is 0 Å². The van der Waals surface area contributed by atoms with Crippen LogP contribution < -0.4 is 0 Å². The average Bonchev–Trinajstić information content (AvgIpc) is 2.66. The van der Waals surface area contributed by atoms with E-state index in [2.05, 4.69) is 0 Å². The summed E-state index contributed by atoms with van der Waals surface area (Å²) >= 11 is 0. The molecule has 0 amide bonds. The van der Waals surface area contributed by atoms with Gasteiger partial charge in [0.15, 0.2) is 23.2 Å². The monoisotopic (exact) mass is 391 g/mol. The minimum Gasteiger partial charge on any atom is -0.289 e. The van der Waals surface area contributed by atoms with E-state index in [1.54, 1.807) is 24.3 Å². The van der Waals surface area contributed by atoms with E-state index < -0.39 is 34.8 Å². The van der Waals surface area contributed by atoms with Gasteiger partial charge in [-0.3, -0.25) is 5.11 Å². The largest absolute Gasteiger partial charge is 0.289 e. The van der Waals surface area contributed by atoms with E-state index in [0.717, 1.165) is 24.1 Å². The molecule has 0 atom stereocenters. The first-order valence-corrected chi connectivity index (χ1v) is 8.72. The molecular weight excluding hydrogens is 375 g/mol. The summed E-state index contributed by atoms with van der Waals surface area (Å²) in [5.41, 5.74) is 0.754. The van der Waals surface area contributed by atoms with Gasteiger partial charge >= 0.3 is 0 Å². The molecule has 0 heterocycles. The molecule has 0 saturated carbocycles. The fourth-order valence-electron chi connectivity index (χ4n) is 3.07. The molecule has 145 valence electrons. The summed E-state index contributed by atoms with van der Waals surface area (Å²) < 4.78 is 68.8. The van der Waals surface area contributed by atoms with Gasteiger partial charge in [-0.05, 0) is 48.1 Å². The van der Waals surface area contributed by atoms with Crippen LogP contribution in [0.15, 0.2) is 42.5 Å². The molecule has 3 aromatic carbocycles. The molecule has 0 N–H and O–H groups in total. The molecule has 0 aliphatic rings. The van der Waals surface area contributed by atoms with Gasteiger partial charge in [-0.2, -0.15) is 0 Å². The van der Waals surface area contributed by atoms with Crippen LogP contribution in [0.4, 0.5) is 22.0 Å². The third-order valence-corrected chi connectivity index (χ3v) is 4.64. The highest BCUT2D eigenvalue weighted by Gasteiger charge is 2.21. The van der Waals surface area contributed by atoms with Gasteiger partial charge in [-0.1, -0.05) is 31.2 Å². The minimum atomic E-state index is -1.60. The molecule has 0 aromatic heterocycles. The van der Waals surface area contributed by atoms with E-state index in [-0.39, 0.29) is 29.5 Å². The summed E-state index contributed by atoms with van der Waals surface area (Å²) in [6, 6.07) is 8.94. The number of benzene rings is 3. The van der Waals surface area contributed by atoms with E-state index in [0.29, 0.717) is 11.6 Å². The molecule has 0 aliphatic heterocycles. The zero-order chi connectivity index (χ0) is 20.4. The van der Waals surface area contributed by atoms with Crippen LogP contribution in [0.25, 0.3) is 11.1 Å². The smallest absolute Gasteiger partial charge is 0.194 e. The third-order valence-electron chi connectivity index (χ3n) is 4.64. The molecule has 28 heavy (non-hydrogen) atoms. The second-order valence-electron chi connectivity index (χ2n) is 6.45. The molecule has 6 heteroatoms. The molecule has 1 radical (unpaired) electrons. The maximum atomic E-state index is 14.9. The van der Waals surface area contributed by atoms with E-state index >= 15 is 0 Å². The maximum absolute atomic E-state index is 14.9. The van der Waals surface area contributed by atoms with Gasteiger partial charge in [0.05, 0.1) is 5.56 Å². The highest BCUT2D eigenvalue weighted by molar-refractivity contribution is 5.72. The van der Waals surface area contributed by atoms with Crippen molar-refractivity contribution in [3.63, 3.8) is 0 Å². The van der Waals surface area contributed by atoms with Crippen LogP contribution >= 0.6 is 0 Å². The summed E-state index contributed by atoms with van der Waals surface area (Å²) in [5, 5.41) is 12.1. The summed E-state index contributed by atoms with van der Waals surface area (Å²) in [6.07, 6.45) is 0.392. The fraction of sp³-hybridized carbons (Fsp3) is 0.182. The van der Waals surface area contributed by atoms with Crippen molar-refractivity contribution < 1.29 is 27.1 Å². The Morgan fingerprint density at radius 2 is 1.32 bits per heavy atom. The van der Waals surface area contributed by atoms with Crippen molar-refractivity contribution in [3.05, 3.63) is 88.2 Å². The Morgan fingerprint density at radius 1 is 0.714 bits per heavy atom. The molecule has 0 unspecified atom stereocenters. The Kier molecular flexibility index (Phi) is 5.68. The predicted octanol–water partition coefficient (Wildman–Crippen LogP) is 6.54. The van der Waals surface area contributed by atoms with Crippen molar-refractivity contribution in [1.29, 1.82) is 0 Å². The summed E-state index contributed by atoms with van der Waals surface area (Å²) in [5.74, 6) is -7.17. The Morgan fingerprint density at radius 3 is 1.89 bits per heavy atom. The lowest BCUT2D eigenvalue weighted by atomic mass is 9.96. The SMILES string of the molecule is CCc1ccc(-c2c([O])cc(F)c(CCc3cc(F)c(F)c(F)c3)c2F)cc1. The fourth-order valence-corrected chi connectivity index (χ4v) is 3.07. The van der Waals surface area contributed by atoms with Gasteiger partial charge in [0, 0.05) is 11.6 Å². The van der Waals surface area contributed by atoms with Crippen molar-refractivity contribution in [2.24, 2.45) is 0 Å². The lowest BCUT2D eigenvalue weighted by Gasteiger charge is -2.12. The van der Waals surface area contributed by atoms with Crippen LogP contribution in [-0.4, -0.2) is 0 Å². The molecule has 0 aliphatic carbocycles. The number of hydrogen-bond donors (Lipinski definition) is 0. The van der Waals surface area contributed by atoms with Crippen molar-refractivity contribution in [1.82, 2.24) is 0 Å². The van der Waals surface area contributed by atoms with Gasteiger partial charge in [0.2, 0.25) is 0 Å². The highest BCUT2D eigenvalue weighted by Crippen LogP contribution is 2.36. The lowest BCUT2D eigenvalue weighted by Crippen LogP contribution is -2.03. The van der Waals surface area contributed by atoms with E-state index in [1.165, 1.54) is 0 Å². The predicted molar refractivity (Wildman–Crippen MR) is 95.0 cm³/mol. The third kappa shape index (κ3) is 3.86. The quantitative estimate of drug-likeness (QED) is 0.348. The molecule has 0 fully saturated rings. The van der Waals surface area contributed by atoms with Crippen molar-refractivity contribution in [2.45, 2.75) is 26.2 Å². The molecule has 3 rings (SSSR count). The zero-order valence-electron chi connectivity index (χ0n) is 15.0. The Hall–Kier alpha value is -2.89. The first-order valence-electron chi connectivity index (χ1n) is 8.72. The van der Waals surface area contributed by atoms with Crippen LogP contribution in [-0.2, 0) is 24.4 Å². The van der Waals surface area contributed by atoms with Crippen LogP contribution in [0.2, 0.25) is 0 Å². The number of rotatable bonds is 5. The first kappa shape index (κ1) is 19.9. The number of hydrogen-bond acceptors (Lipinski definition) is 0. The second kappa shape index (κ2) is 8.00. The van der Waals surface area contributed by atoms with Crippen molar-refractivity contribution >= 4 is 0 Å². The summed E-state index contributed by atoms with van der Waals surface area (Å²) in [7, 11) is 0. The molecule has 0 spiro atoms. The first-order chi connectivity index (χ1) is 13.3. The van der Waals surface area contributed by atoms with E-state index in [9.17, 15) is 27.1 Å². The van der Waals surface area contributed by atoms with Crippen LogP contribution in [0, 0.1) is 29.1 Å². The average molecular weight is 391 g/mol. The Balaban J connectivity index is 1.95. The molecule has 0 bridgehead atoms. The number of halogens is 5.